The zero-order valence-corrected chi connectivity index (χ0v) is 10.3. The van der Waals surface area contributed by atoms with Crippen molar-refractivity contribution in [1.29, 1.82) is 0 Å². The molecule has 1 N–H and O–H groups in total. The number of rotatable bonds is 2. The van der Waals surface area contributed by atoms with Crippen LogP contribution in [0.4, 0.5) is 5.69 Å². The van der Waals surface area contributed by atoms with Crippen LogP contribution < -0.4 is 4.90 Å². The van der Waals surface area contributed by atoms with E-state index in [-0.39, 0.29) is 5.91 Å². The minimum Gasteiger partial charge on any atom is -0.389 e. The number of aliphatic hydroxyl groups excluding tert-OH is 1. The van der Waals surface area contributed by atoms with E-state index in [1.54, 1.807) is 11.8 Å². The smallest absolute Gasteiger partial charge is 0.241 e. The third kappa shape index (κ3) is 2.58. The number of amides is 1. The van der Waals surface area contributed by atoms with Crippen molar-refractivity contribution in [2.45, 2.75) is 13.0 Å². The molecule has 92 valence electrons. The minimum atomic E-state index is -0.446. The maximum absolute atomic E-state index is 11.6. The fraction of sp³-hybridized carbons (Fsp3) is 0.462. The van der Waals surface area contributed by atoms with Crippen molar-refractivity contribution in [1.82, 2.24) is 4.90 Å². The average Bonchev–Trinajstić information content (AvgIpc) is 2.33. The third-order valence-electron chi connectivity index (χ3n) is 3.20. The second-order valence-electron chi connectivity index (χ2n) is 4.50. The summed E-state index contributed by atoms with van der Waals surface area (Å²) in [5.74, 6) is 0.149. The molecule has 1 atom stereocenters. The Bertz CT molecular complexity index is 400. The van der Waals surface area contributed by atoms with Gasteiger partial charge in [-0.15, -0.1) is 0 Å². The first kappa shape index (κ1) is 11.9. The van der Waals surface area contributed by atoms with Crippen molar-refractivity contribution in [2.24, 2.45) is 0 Å². The molecule has 0 aliphatic carbocycles. The maximum atomic E-state index is 11.6. The van der Waals surface area contributed by atoms with Crippen LogP contribution in [0.15, 0.2) is 24.3 Å². The third-order valence-corrected chi connectivity index (χ3v) is 3.20. The molecule has 4 nitrogen and oxygen atoms in total. The van der Waals surface area contributed by atoms with Crippen molar-refractivity contribution in [2.75, 3.05) is 31.6 Å². The standard InChI is InChI=1S/C13H18N2O2/c1-10(16)11-3-5-12(6-4-11)15-8-7-14(2)13(17)9-15/h3-6,10,16H,7-9H2,1-2H3/t10-/m0/s1. The number of hydrogen-bond donors (Lipinski definition) is 1. The van der Waals surface area contributed by atoms with E-state index in [2.05, 4.69) is 4.90 Å². The number of piperazine rings is 1. The number of likely N-dealkylation sites (N-methyl/N-ethyl adjacent to an activating group) is 1. The molecule has 2 rings (SSSR count). The molecular formula is C13H18N2O2. The molecule has 4 heteroatoms. The highest BCUT2D eigenvalue weighted by atomic mass is 16.3. The minimum absolute atomic E-state index is 0.149. The zero-order valence-electron chi connectivity index (χ0n) is 10.3. The van der Waals surface area contributed by atoms with Gasteiger partial charge >= 0.3 is 0 Å². The number of nitrogens with zero attached hydrogens (tertiary/aromatic N) is 2. The Labute approximate surface area is 101 Å². The number of benzene rings is 1. The highest BCUT2D eigenvalue weighted by Crippen LogP contribution is 2.20. The summed E-state index contributed by atoms with van der Waals surface area (Å²) < 4.78 is 0. The molecule has 1 saturated heterocycles. The molecule has 0 radical (unpaired) electrons. The number of carbonyl (C=O) groups is 1. The number of carbonyl (C=O) groups excluding carboxylic acids is 1. The Hall–Kier alpha value is -1.55. The first-order valence-electron chi connectivity index (χ1n) is 5.85. The van der Waals surface area contributed by atoms with Crippen LogP contribution in [0.1, 0.15) is 18.6 Å². The predicted octanol–water partition coefficient (Wildman–Crippen LogP) is 1.02. The SMILES string of the molecule is C[C@H](O)c1ccc(N2CCN(C)C(=O)C2)cc1. The quantitative estimate of drug-likeness (QED) is 0.831. The van der Waals surface area contributed by atoms with Crippen molar-refractivity contribution in [3.63, 3.8) is 0 Å². The van der Waals surface area contributed by atoms with Gasteiger partial charge in [-0.25, -0.2) is 0 Å². The van der Waals surface area contributed by atoms with E-state index in [1.807, 2.05) is 31.3 Å². The van der Waals surface area contributed by atoms with Crippen molar-refractivity contribution < 1.29 is 9.90 Å². The summed E-state index contributed by atoms with van der Waals surface area (Å²) in [5.41, 5.74) is 1.94. The highest BCUT2D eigenvalue weighted by molar-refractivity contribution is 5.82. The van der Waals surface area contributed by atoms with Crippen molar-refractivity contribution >= 4 is 11.6 Å². The van der Waals surface area contributed by atoms with Crippen LogP contribution in [0.25, 0.3) is 0 Å². The Balaban J connectivity index is 2.10. The molecule has 1 aromatic carbocycles. The summed E-state index contributed by atoms with van der Waals surface area (Å²) in [6.45, 7) is 3.80. The topological polar surface area (TPSA) is 43.8 Å². The fourth-order valence-electron chi connectivity index (χ4n) is 1.94. The molecule has 17 heavy (non-hydrogen) atoms. The fourth-order valence-corrected chi connectivity index (χ4v) is 1.94. The molecule has 0 saturated carbocycles. The lowest BCUT2D eigenvalue weighted by Gasteiger charge is -2.33. The second kappa shape index (κ2) is 4.75. The van der Waals surface area contributed by atoms with Crippen LogP contribution in [0.5, 0.6) is 0 Å². The van der Waals surface area contributed by atoms with E-state index in [0.717, 1.165) is 24.3 Å². The number of aliphatic hydroxyl groups is 1. The first-order valence-corrected chi connectivity index (χ1v) is 5.85. The summed E-state index contributed by atoms with van der Waals surface area (Å²) in [4.78, 5) is 15.4. The normalized spacial score (nSPS) is 18.4. The summed E-state index contributed by atoms with van der Waals surface area (Å²) in [6.07, 6.45) is -0.446. The van der Waals surface area contributed by atoms with Crippen LogP contribution in [-0.4, -0.2) is 42.6 Å². The van der Waals surface area contributed by atoms with Crippen LogP contribution >= 0.6 is 0 Å². The van der Waals surface area contributed by atoms with E-state index in [9.17, 15) is 9.90 Å². The molecule has 1 amide bonds. The molecule has 0 aromatic heterocycles. The summed E-state index contributed by atoms with van der Waals surface area (Å²) in [7, 11) is 1.83. The number of hydrogen-bond acceptors (Lipinski definition) is 3. The molecule has 1 fully saturated rings. The first-order chi connectivity index (χ1) is 8.08. The van der Waals surface area contributed by atoms with Gasteiger partial charge in [0.2, 0.25) is 5.91 Å². The molecule has 1 aliphatic rings. The van der Waals surface area contributed by atoms with Crippen LogP contribution in [0, 0.1) is 0 Å². The Morgan fingerprint density at radius 3 is 2.41 bits per heavy atom. The lowest BCUT2D eigenvalue weighted by atomic mass is 10.1. The largest absolute Gasteiger partial charge is 0.389 e. The van der Waals surface area contributed by atoms with Gasteiger partial charge in [-0.2, -0.15) is 0 Å². The van der Waals surface area contributed by atoms with E-state index >= 15 is 0 Å². The van der Waals surface area contributed by atoms with Gasteiger partial charge < -0.3 is 14.9 Å². The van der Waals surface area contributed by atoms with E-state index in [1.165, 1.54) is 0 Å². The summed E-state index contributed by atoms with van der Waals surface area (Å²) in [6, 6.07) is 7.73. The zero-order chi connectivity index (χ0) is 12.4. The predicted molar refractivity (Wildman–Crippen MR) is 66.9 cm³/mol. The van der Waals surface area contributed by atoms with Crippen molar-refractivity contribution in [3.05, 3.63) is 29.8 Å². The van der Waals surface area contributed by atoms with Gasteiger partial charge in [0.25, 0.3) is 0 Å². The monoisotopic (exact) mass is 234 g/mol. The maximum Gasteiger partial charge on any atom is 0.241 e. The van der Waals surface area contributed by atoms with Gasteiger partial charge in [0.05, 0.1) is 12.6 Å². The molecule has 0 bridgehead atoms. The average molecular weight is 234 g/mol. The van der Waals surface area contributed by atoms with E-state index in [4.69, 9.17) is 0 Å². The summed E-state index contributed by atoms with van der Waals surface area (Å²) in [5, 5.41) is 9.43. The van der Waals surface area contributed by atoms with Gasteiger partial charge in [0.15, 0.2) is 0 Å². The lowest BCUT2D eigenvalue weighted by Crippen LogP contribution is -2.48. The van der Waals surface area contributed by atoms with Gasteiger partial charge in [-0.1, -0.05) is 12.1 Å². The molecule has 1 aliphatic heterocycles. The van der Waals surface area contributed by atoms with Crippen molar-refractivity contribution in [3.8, 4) is 0 Å². The van der Waals surface area contributed by atoms with Gasteiger partial charge in [0, 0.05) is 25.8 Å². The molecule has 1 heterocycles. The second-order valence-corrected chi connectivity index (χ2v) is 4.50. The van der Waals surface area contributed by atoms with Crippen LogP contribution in [0.3, 0.4) is 0 Å². The Kier molecular flexibility index (Phi) is 3.33. The van der Waals surface area contributed by atoms with Gasteiger partial charge in [0.1, 0.15) is 0 Å². The lowest BCUT2D eigenvalue weighted by molar-refractivity contribution is -0.129. The Morgan fingerprint density at radius 2 is 1.88 bits per heavy atom. The van der Waals surface area contributed by atoms with E-state index < -0.39 is 6.10 Å². The van der Waals surface area contributed by atoms with Gasteiger partial charge in [-0.05, 0) is 24.6 Å². The molecule has 1 aromatic rings. The number of anilines is 1. The molecule has 0 spiro atoms. The molecule has 0 unspecified atom stereocenters. The van der Waals surface area contributed by atoms with E-state index in [0.29, 0.717) is 6.54 Å². The summed E-state index contributed by atoms with van der Waals surface area (Å²) >= 11 is 0. The van der Waals surface area contributed by atoms with Crippen LogP contribution in [0.2, 0.25) is 0 Å². The van der Waals surface area contributed by atoms with Gasteiger partial charge in [-0.3, -0.25) is 4.79 Å². The molecular weight excluding hydrogens is 216 g/mol. The Morgan fingerprint density at radius 1 is 1.24 bits per heavy atom. The van der Waals surface area contributed by atoms with Crippen LogP contribution in [-0.2, 0) is 4.79 Å². The highest BCUT2D eigenvalue weighted by Gasteiger charge is 2.20.